The molecule has 10 heteroatoms. The molecular weight excluding hydrogens is 380 g/mol. The van der Waals surface area contributed by atoms with Crippen molar-refractivity contribution in [3.8, 4) is 0 Å². The third kappa shape index (κ3) is 5.07. The van der Waals surface area contributed by atoms with Crippen LogP contribution >= 0.6 is 22.9 Å². The molecule has 27 heavy (non-hydrogen) atoms. The molecule has 3 heterocycles. The molecule has 0 unspecified atom stereocenters. The van der Waals surface area contributed by atoms with Crippen LogP contribution in [0.5, 0.6) is 0 Å². The summed E-state index contributed by atoms with van der Waals surface area (Å²) in [6, 6.07) is 0. The second-order valence-corrected chi connectivity index (χ2v) is 8.07. The van der Waals surface area contributed by atoms with Gasteiger partial charge in [0.1, 0.15) is 5.82 Å². The molecule has 1 saturated heterocycles. The maximum absolute atomic E-state index is 4.81. The summed E-state index contributed by atoms with van der Waals surface area (Å²) in [5, 5.41) is 7.55. The molecule has 0 atom stereocenters. The van der Waals surface area contributed by atoms with Crippen molar-refractivity contribution in [3.05, 3.63) is 16.9 Å². The Labute approximate surface area is 169 Å². The average Bonchev–Trinajstić information content (AvgIpc) is 3.35. The van der Waals surface area contributed by atoms with Gasteiger partial charge in [-0.3, -0.25) is 0 Å². The summed E-state index contributed by atoms with van der Waals surface area (Å²) in [6.45, 7) is 9.37. The van der Waals surface area contributed by atoms with Crippen LogP contribution in [0.1, 0.15) is 25.4 Å². The molecule has 0 spiro atoms. The van der Waals surface area contributed by atoms with E-state index in [4.69, 9.17) is 4.99 Å². The lowest BCUT2D eigenvalue weighted by Gasteiger charge is -2.36. The fourth-order valence-electron chi connectivity index (χ4n) is 2.78. The van der Waals surface area contributed by atoms with Gasteiger partial charge in [0.2, 0.25) is 5.13 Å². The van der Waals surface area contributed by atoms with Crippen LogP contribution < -0.4 is 15.1 Å². The van der Waals surface area contributed by atoms with Crippen LogP contribution in [0, 0.1) is 0 Å². The molecule has 148 valence electrons. The summed E-state index contributed by atoms with van der Waals surface area (Å²) >= 11 is 3.16. The number of anilines is 2. The van der Waals surface area contributed by atoms with Gasteiger partial charge >= 0.3 is 0 Å². The zero-order valence-corrected chi connectivity index (χ0v) is 18.1. The highest BCUT2D eigenvalue weighted by molar-refractivity contribution is 7.13. The SMILES string of the molecule is CCNC(=NCc1csc(N(C)C)n1)N1CCN(c2nc(CC)ns2)CC1. The predicted octanol–water partition coefficient (Wildman–Crippen LogP) is 1.91. The highest BCUT2D eigenvalue weighted by Crippen LogP contribution is 2.20. The molecule has 1 fully saturated rings. The number of aliphatic imine (C=N–C) groups is 1. The standard InChI is InChI=1S/C17H28N8S2/c1-5-14-21-17(27-22-14)25-9-7-24(8-10-25)15(18-6-2)19-11-13-12-26-16(20-13)23(3)4/h12H,5-11H2,1-4H3,(H,18,19). The van der Waals surface area contributed by atoms with Gasteiger partial charge in [0.25, 0.3) is 0 Å². The summed E-state index contributed by atoms with van der Waals surface area (Å²) < 4.78 is 4.40. The van der Waals surface area contributed by atoms with Crippen molar-refractivity contribution in [2.24, 2.45) is 4.99 Å². The monoisotopic (exact) mass is 408 g/mol. The van der Waals surface area contributed by atoms with Crippen LogP contribution in [0.2, 0.25) is 0 Å². The molecule has 0 amide bonds. The largest absolute Gasteiger partial charge is 0.357 e. The van der Waals surface area contributed by atoms with Gasteiger partial charge in [-0.15, -0.1) is 11.3 Å². The van der Waals surface area contributed by atoms with Gasteiger partial charge in [0.15, 0.2) is 11.1 Å². The summed E-state index contributed by atoms with van der Waals surface area (Å²) in [6.07, 6.45) is 0.889. The fraction of sp³-hybridized carbons (Fsp3) is 0.647. The maximum atomic E-state index is 4.81. The first-order valence-corrected chi connectivity index (χ1v) is 11.0. The number of hydrogen-bond acceptors (Lipinski definition) is 8. The topological polar surface area (TPSA) is 72.8 Å². The fourth-order valence-corrected chi connectivity index (χ4v) is 4.33. The minimum atomic E-state index is 0.600. The molecule has 3 rings (SSSR count). The van der Waals surface area contributed by atoms with E-state index in [-0.39, 0.29) is 0 Å². The van der Waals surface area contributed by atoms with E-state index in [1.54, 1.807) is 11.3 Å². The third-order valence-corrected chi connectivity index (χ3v) is 6.14. The Morgan fingerprint density at radius 3 is 2.59 bits per heavy atom. The third-order valence-electron chi connectivity index (χ3n) is 4.27. The zero-order valence-electron chi connectivity index (χ0n) is 16.5. The van der Waals surface area contributed by atoms with E-state index in [2.05, 4.69) is 48.7 Å². The Kier molecular flexibility index (Phi) is 6.84. The molecule has 2 aromatic rings. The van der Waals surface area contributed by atoms with Gasteiger partial charge in [-0.2, -0.15) is 4.37 Å². The van der Waals surface area contributed by atoms with Gasteiger partial charge < -0.3 is 20.0 Å². The van der Waals surface area contributed by atoms with Crippen LogP contribution in [-0.4, -0.2) is 72.0 Å². The van der Waals surface area contributed by atoms with Crippen LogP contribution in [0.25, 0.3) is 0 Å². The number of guanidine groups is 1. The van der Waals surface area contributed by atoms with Crippen molar-refractivity contribution in [2.45, 2.75) is 26.8 Å². The lowest BCUT2D eigenvalue weighted by molar-refractivity contribution is 0.372. The summed E-state index contributed by atoms with van der Waals surface area (Å²) in [5.74, 6) is 1.90. The maximum Gasteiger partial charge on any atom is 0.205 e. The van der Waals surface area contributed by atoms with Crippen LogP contribution in [0.3, 0.4) is 0 Å². The number of piperazine rings is 1. The lowest BCUT2D eigenvalue weighted by Crippen LogP contribution is -2.52. The Balaban J connectivity index is 1.59. The lowest BCUT2D eigenvalue weighted by atomic mass is 10.3. The number of aryl methyl sites for hydroxylation is 1. The summed E-state index contributed by atoms with van der Waals surface area (Å²) in [4.78, 5) is 20.7. The van der Waals surface area contributed by atoms with E-state index in [1.165, 1.54) is 11.5 Å². The number of nitrogens with one attached hydrogen (secondary N) is 1. The Morgan fingerprint density at radius 1 is 1.22 bits per heavy atom. The van der Waals surface area contributed by atoms with E-state index in [9.17, 15) is 0 Å². The number of rotatable bonds is 6. The van der Waals surface area contributed by atoms with Gasteiger partial charge in [0, 0.05) is 70.2 Å². The second kappa shape index (κ2) is 9.32. The Morgan fingerprint density at radius 2 is 2.00 bits per heavy atom. The van der Waals surface area contributed by atoms with Crippen LogP contribution in [-0.2, 0) is 13.0 Å². The highest BCUT2D eigenvalue weighted by Gasteiger charge is 2.22. The molecule has 0 aliphatic carbocycles. The van der Waals surface area contributed by atoms with Crippen molar-refractivity contribution in [1.82, 2.24) is 24.6 Å². The molecule has 1 aliphatic rings. The molecule has 0 radical (unpaired) electrons. The first-order valence-electron chi connectivity index (χ1n) is 9.33. The Hall–Kier alpha value is -1.94. The van der Waals surface area contributed by atoms with E-state index in [0.29, 0.717) is 6.54 Å². The van der Waals surface area contributed by atoms with Gasteiger partial charge in [-0.25, -0.2) is 15.0 Å². The predicted molar refractivity (Wildman–Crippen MR) is 114 cm³/mol. The quantitative estimate of drug-likeness (QED) is 0.578. The molecule has 1 N–H and O–H groups in total. The molecule has 0 bridgehead atoms. The van der Waals surface area contributed by atoms with E-state index < -0.39 is 0 Å². The van der Waals surface area contributed by atoms with E-state index in [1.807, 2.05) is 19.0 Å². The summed E-state index contributed by atoms with van der Waals surface area (Å²) in [7, 11) is 4.02. The minimum Gasteiger partial charge on any atom is -0.357 e. The molecule has 2 aromatic heterocycles. The van der Waals surface area contributed by atoms with Crippen molar-refractivity contribution in [1.29, 1.82) is 0 Å². The molecule has 8 nitrogen and oxygen atoms in total. The Bertz CT molecular complexity index is 746. The van der Waals surface area contributed by atoms with Crippen molar-refractivity contribution in [3.63, 3.8) is 0 Å². The van der Waals surface area contributed by atoms with Crippen molar-refractivity contribution >= 4 is 39.1 Å². The minimum absolute atomic E-state index is 0.600. The normalized spacial score (nSPS) is 15.3. The number of thiazole rings is 1. The van der Waals surface area contributed by atoms with E-state index >= 15 is 0 Å². The first kappa shape index (κ1) is 19.8. The van der Waals surface area contributed by atoms with Crippen molar-refractivity contribution < 1.29 is 0 Å². The van der Waals surface area contributed by atoms with Gasteiger partial charge in [-0.05, 0) is 6.92 Å². The second-order valence-electron chi connectivity index (χ2n) is 6.51. The number of aromatic nitrogens is 3. The van der Waals surface area contributed by atoms with Gasteiger partial charge in [0.05, 0.1) is 12.2 Å². The number of nitrogens with zero attached hydrogens (tertiary/aromatic N) is 7. The van der Waals surface area contributed by atoms with Gasteiger partial charge in [-0.1, -0.05) is 6.92 Å². The van der Waals surface area contributed by atoms with E-state index in [0.717, 1.165) is 66.9 Å². The molecule has 0 saturated carbocycles. The number of hydrogen-bond donors (Lipinski definition) is 1. The smallest absolute Gasteiger partial charge is 0.205 e. The van der Waals surface area contributed by atoms with Crippen LogP contribution in [0.15, 0.2) is 10.4 Å². The van der Waals surface area contributed by atoms with Crippen molar-refractivity contribution in [2.75, 3.05) is 56.6 Å². The summed E-state index contributed by atoms with van der Waals surface area (Å²) in [5.41, 5.74) is 1.01. The molecule has 0 aromatic carbocycles. The average molecular weight is 409 g/mol. The first-order chi connectivity index (χ1) is 13.1. The zero-order chi connectivity index (χ0) is 19.2. The highest BCUT2D eigenvalue weighted by atomic mass is 32.1. The molecular formula is C17H28N8S2. The molecule has 1 aliphatic heterocycles. The van der Waals surface area contributed by atoms with Crippen LogP contribution in [0.4, 0.5) is 10.3 Å².